The zero-order valence-electron chi connectivity index (χ0n) is 13.9. The molecule has 0 fully saturated rings. The van der Waals surface area contributed by atoms with E-state index in [1.54, 1.807) is 48.5 Å². The second-order valence-electron chi connectivity index (χ2n) is 5.79. The summed E-state index contributed by atoms with van der Waals surface area (Å²) in [5.74, 6) is -0.500. The van der Waals surface area contributed by atoms with Gasteiger partial charge in [0.15, 0.2) is 9.84 Å². The van der Waals surface area contributed by atoms with Crippen LogP contribution in [0.1, 0.15) is 25.3 Å². The lowest BCUT2D eigenvalue weighted by Gasteiger charge is -2.04. The number of para-hydroxylation sites is 1. The molecule has 130 valence electrons. The number of sulfone groups is 1. The summed E-state index contributed by atoms with van der Waals surface area (Å²) in [6.45, 7) is 1.88. The molecule has 5 nitrogen and oxygen atoms in total. The Hall–Kier alpha value is -2.60. The van der Waals surface area contributed by atoms with E-state index in [0.717, 1.165) is 0 Å². The van der Waals surface area contributed by atoms with E-state index in [1.807, 2.05) is 13.0 Å². The van der Waals surface area contributed by atoms with Gasteiger partial charge in [0.05, 0.1) is 22.4 Å². The summed E-state index contributed by atoms with van der Waals surface area (Å²) in [5, 5.41) is 0.544. The lowest BCUT2D eigenvalue weighted by molar-refractivity contribution is -0.143. The van der Waals surface area contributed by atoms with Crippen LogP contribution >= 0.6 is 0 Å². The number of carbonyl (C=O) groups excluding carboxylic acids is 1. The van der Waals surface area contributed by atoms with Gasteiger partial charge in [-0.25, -0.2) is 13.2 Å². The Morgan fingerprint density at radius 3 is 2.44 bits per heavy atom. The van der Waals surface area contributed by atoms with Crippen LogP contribution in [0.5, 0.6) is 0 Å². The van der Waals surface area contributed by atoms with Crippen LogP contribution < -0.4 is 4.84 Å². The zero-order chi connectivity index (χ0) is 17.9. The van der Waals surface area contributed by atoms with Crippen LogP contribution in [0, 0.1) is 0 Å². The van der Waals surface area contributed by atoms with Crippen molar-refractivity contribution in [3.63, 3.8) is 0 Å². The Balaban J connectivity index is 2.02. The molecule has 0 unspecified atom stereocenters. The SMILES string of the molecule is CCCC(=O)On1cc(S(=O)(=O)Cc2ccccc2)c2ccccc21. The van der Waals surface area contributed by atoms with E-state index in [4.69, 9.17) is 4.84 Å². The monoisotopic (exact) mass is 357 g/mol. The molecule has 0 amide bonds. The molecule has 25 heavy (non-hydrogen) atoms. The van der Waals surface area contributed by atoms with Crippen molar-refractivity contribution >= 4 is 26.7 Å². The maximum atomic E-state index is 12.9. The van der Waals surface area contributed by atoms with Crippen LogP contribution in [0.4, 0.5) is 0 Å². The van der Waals surface area contributed by atoms with Gasteiger partial charge in [0, 0.05) is 11.8 Å². The van der Waals surface area contributed by atoms with Crippen molar-refractivity contribution in [2.75, 3.05) is 0 Å². The quantitative estimate of drug-likeness (QED) is 0.678. The molecule has 1 heterocycles. The van der Waals surface area contributed by atoms with Gasteiger partial charge in [0.25, 0.3) is 0 Å². The van der Waals surface area contributed by atoms with Crippen molar-refractivity contribution in [2.45, 2.75) is 30.4 Å². The summed E-state index contributed by atoms with van der Waals surface area (Å²) >= 11 is 0. The predicted molar refractivity (Wildman–Crippen MR) is 95.8 cm³/mol. The molecule has 0 atom stereocenters. The number of nitrogens with zero attached hydrogens (tertiary/aromatic N) is 1. The van der Waals surface area contributed by atoms with Gasteiger partial charge in [0.1, 0.15) is 0 Å². The Morgan fingerprint density at radius 2 is 1.72 bits per heavy atom. The van der Waals surface area contributed by atoms with Crippen molar-refractivity contribution in [3.8, 4) is 0 Å². The van der Waals surface area contributed by atoms with Gasteiger partial charge < -0.3 is 4.84 Å². The lowest BCUT2D eigenvalue weighted by atomic mass is 10.2. The van der Waals surface area contributed by atoms with E-state index < -0.39 is 15.8 Å². The second kappa shape index (κ2) is 7.11. The van der Waals surface area contributed by atoms with Crippen LogP contribution in [0.2, 0.25) is 0 Å². The molecule has 0 spiro atoms. The van der Waals surface area contributed by atoms with Gasteiger partial charge in [-0.05, 0) is 18.1 Å². The minimum atomic E-state index is -3.58. The van der Waals surface area contributed by atoms with E-state index in [9.17, 15) is 13.2 Å². The fourth-order valence-electron chi connectivity index (χ4n) is 2.67. The van der Waals surface area contributed by atoms with E-state index in [2.05, 4.69) is 0 Å². The Kier molecular flexibility index (Phi) is 4.90. The van der Waals surface area contributed by atoms with E-state index in [-0.39, 0.29) is 17.1 Å². The molecule has 0 aliphatic carbocycles. The van der Waals surface area contributed by atoms with Crippen molar-refractivity contribution in [3.05, 3.63) is 66.4 Å². The van der Waals surface area contributed by atoms with Crippen molar-refractivity contribution < 1.29 is 18.0 Å². The third kappa shape index (κ3) is 3.74. The molecule has 1 aromatic heterocycles. The highest BCUT2D eigenvalue weighted by molar-refractivity contribution is 7.90. The van der Waals surface area contributed by atoms with E-state index in [0.29, 0.717) is 22.9 Å². The number of hydrogen-bond donors (Lipinski definition) is 0. The zero-order valence-corrected chi connectivity index (χ0v) is 14.7. The molecule has 3 rings (SSSR count). The number of hydrogen-bond acceptors (Lipinski definition) is 4. The maximum Gasteiger partial charge on any atom is 0.332 e. The van der Waals surface area contributed by atoms with Crippen LogP contribution in [-0.4, -0.2) is 19.1 Å². The maximum absolute atomic E-state index is 12.9. The van der Waals surface area contributed by atoms with Crippen LogP contribution in [-0.2, 0) is 20.4 Å². The number of aromatic nitrogens is 1. The van der Waals surface area contributed by atoms with Gasteiger partial charge in [-0.3, -0.25) is 0 Å². The highest BCUT2D eigenvalue weighted by atomic mass is 32.2. The molecule has 0 N–H and O–H groups in total. The van der Waals surface area contributed by atoms with E-state index >= 15 is 0 Å². The number of rotatable bonds is 6. The van der Waals surface area contributed by atoms with Crippen molar-refractivity contribution in [1.82, 2.24) is 4.73 Å². The fourth-order valence-corrected chi connectivity index (χ4v) is 4.22. The Labute approximate surface area is 146 Å². The average Bonchev–Trinajstić information content (AvgIpc) is 2.95. The first-order valence-electron chi connectivity index (χ1n) is 8.09. The predicted octanol–water partition coefficient (Wildman–Crippen LogP) is 3.37. The average molecular weight is 357 g/mol. The molecule has 0 aliphatic heterocycles. The molecular formula is C19H19NO4S. The third-order valence-corrected chi connectivity index (χ3v) is 5.54. The summed E-state index contributed by atoms with van der Waals surface area (Å²) < 4.78 is 27.0. The Morgan fingerprint density at radius 1 is 1.04 bits per heavy atom. The first kappa shape index (κ1) is 17.2. The summed E-state index contributed by atoms with van der Waals surface area (Å²) in [4.78, 5) is 17.3. The summed E-state index contributed by atoms with van der Waals surface area (Å²) in [6.07, 6.45) is 2.33. The molecule has 0 aliphatic rings. The minimum Gasteiger partial charge on any atom is -0.336 e. The van der Waals surface area contributed by atoms with Crippen molar-refractivity contribution in [2.24, 2.45) is 0 Å². The summed E-state index contributed by atoms with van der Waals surface area (Å²) in [5.41, 5.74) is 1.26. The third-order valence-electron chi connectivity index (χ3n) is 3.83. The lowest BCUT2D eigenvalue weighted by Crippen LogP contribution is -2.18. The number of carbonyl (C=O) groups is 1. The van der Waals surface area contributed by atoms with Gasteiger partial charge in [-0.15, -0.1) is 0 Å². The molecule has 0 saturated heterocycles. The van der Waals surface area contributed by atoms with Gasteiger partial charge in [-0.2, -0.15) is 4.73 Å². The molecule has 0 bridgehead atoms. The first-order chi connectivity index (χ1) is 12.0. The smallest absolute Gasteiger partial charge is 0.332 e. The molecule has 0 radical (unpaired) electrons. The molecule has 6 heteroatoms. The minimum absolute atomic E-state index is 0.106. The van der Waals surface area contributed by atoms with Gasteiger partial charge in [-0.1, -0.05) is 55.5 Å². The molecule has 2 aromatic carbocycles. The van der Waals surface area contributed by atoms with Gasteiger partial charge in [0.2, 0.25) is 0 Å². The summed E-state index contributed by atoms with van der Waals surface area (Å²) in [7, 11) is -3.58. The number of fused-ring (bicyclic) bond motifs is 1. The standard InChI is InChI=1S/C19H19NO4S/c1-2-8-19(21)24-20-13-18(16-11-6-7-12-17(16)20)25(22,23)14-15-9-4-3-5-10-15/h3-7,9-13H,2,8,14H2,1H3. The van der Waals surface area contributed by atoms with Crippen molar-refractivity contribution in [1.29, 1.82) is 0 Å². The fraction of sp³-hybridized carbons (Fsp3) is 0.211. The van der Waals surface area contributed by atoms with Crippen LogP contribution in [0.25, 0.3) is 10.9 Å². The van der Waals surface area contributed by atoms with Crippen LogP contribution in [0.15, 0.2) is 65.7 Å². The molecule has 3 aromatic rings. The highest BCUT2D eigenvalue weighted by Gasteiger charge is 2.23. The molecular weight excluding hydrogens is 338 g/mol. The van der Waals surface area contributed by atoms with E-state index in [1.165, 1.54) is 10.9 Å². The molecule has 0 saturated carbocycles. The second-order valence-corrected chi connectivity index (χ2v) is 7.75. The topological polar surface area (TPSA) is 65.4 Å². The highest BCUT2D eigenvalue weighted by Crippen LogP contribution is 2.27. The number of benzene rings is 2. The van der Waals surface area contributed by atoms with Gasteiger partial charge >= 0.3 is 5.97 Å². The Bertz CT molecular complexity index is 991. The normalized spacial score (nSPS) is 11.6. The largest absolute Gasteiger partial charge is 0.336 e. The summed E-state index contributed by atoms with van der Waals surface area (Å²) in [6, 6.07) is 16.0. The first-order valence-corrected chi connectivity index (χ1v) is 9.74. The van der Waals surface area contributed by atoms with Crippen LogP contribution in [0.3, 0.4) is 0 Å².